The number of carbonyl (C=O) groups is 6. The van der Waals surface area contributed by atoms with Crippen molar-refractivity contribution in [3.8, 4) is 0 Å². The molecule has 0 aromatic carbocycles. The molecule has 8 heteroatoms. The summed E-state index contributed by atoms with van der Waals surface area (Å²) in [6.07, 6.45) is 3.96. The quantitative estimate of drug-likeness (QED) is 0.283. The fourth-order valence-electron chi connectivity index (χ4n) is 5.00. The predicted octanol–water partition coefficient (Wildman–Crippen LogP) is 3.46. The molecule has 0 aromatic heterocycles. The van der Waals surface area contributed by atoms with Gasteiger partial charge in [0.25, 0.3) is 0 Å². The summed E-state index contributed by atoms with van der Waals surface area (Å²) >= 11 is 0. The van der Waals surface area contributed by atoms with E-state index < -0.39 is 22.8 Å². The summed E-state index contributed by atoms with van der Waals surface area (Å²) in [5, 5.41) is 0. The number of carbonyl (C=O) groups excluding carboxylic acids is 6. The number of hydrogen-bond donors (Lipinski definition) is 0. The van der Waals surface area contributed by atoms with Crippen molar-refractivity contribution in [2.75, 3.05) is 13.2 Å². The second kappa shape index (κ2) is 12.2. The Kier molecular flexibility index (Phi) is 9.92. The van der Waals surface area contributed by atoms with Crippen molar-refractivity contribution in [1.82, 2.24) is 0 Å². The Morgan fingerprint density at radius 1 is 0.697 bits per heavy atom. The maximum atomic E-state index is 12.4. The van der Waals surface area contributed by atoms with Crippen LogP contribution in [0.15, 0.2) is 0 Å². The van der Waals surface area contributed by atoms with Crippen molar-refractivity contribution >= 4 is 35.1 Å². The van der Waals surface area contributed by atoms with Gasteiger partial charge in [-0.05, 0) is 58.8 Å². The Labute approximate surface area is 195 Å². The van der Waals surface area contributed by atoms with Crippen LogP contribution in [0, 0.1) is 10.8 Å². The number of esters is 2. The van der Waals surface area contributed by atoms with Crippen LogP contribution in [-0.2, 0) is 38.2 Å². The Morgan fingerprint density at radius 3 is 1.39 bits per heavy atom. The molecule has 0 amide bonds. The van der Waals surface area contributed by atoms with Crippen LogP contribution in [0.1, 0.15) is 97.3 Å². The van der Waals surface area contributed by atoms with Crippen LogP contribution >= 0.6 is 0 Å². The Hall–Kier alpha value is -2.38. The van der Waals surface area contributed by atoms with Gasteiger partial charge >= 0.3 is 11.9 Å². The van der Waals surface area contributed by atoms with Gasteiger partial charge in [-0.3, -0.25) is 28.8 Å². The van der Waals surface area contributed by atoms with E-state index in [-0.39, 0.29) is 74.9 Å². The lowest BCUT2D eigenvalue weighted by Gasteiger charge is -2.24. The van der Waals surface area contributed by atoms with Crippen LogP contribution in [0.3, 0.4) is 0 Å². The van der Waals surface area contributed by atoms with E-state index >= 15 is 0 Å². The summed E-state index contributed by atoms with van der Waals surface area (Å²) in [5.41, 5.74) is -2.40. The van der Waals surface area contributed by atoms with Gasteiger partial charge in [0.15, 0.2) is 0 Å². The molecule has 0 heterocycles. The lowest BCUT2D eigenvalue weighted by atomic mass is 9.79. The van der Waals surface area contributed by atoms with E-state index in [0.29, 0.717) is 44.9 Å². The molecule has 0 spiro atoms. The maximum Gasteiger partial charge on any atom is 0.319 e. The van der Waals surface area contributed by atoms with Gasteiger partial charge in [-0.1, -0.05) is 0 Å². The van der Waals surface area contributed by atoms with E-state index in [9.17, 15) is 28.8 Å². The largest absolute Gasteiger partial charge is 0.465 e. The van der Waals surface area contributed by atoms with Gasteiger partial charge in [0.1, 0.15) is 34.0 Å². The minimum absolute atomic E-state index is 0.0964. The first-order valence-electron chi connectivity index (χ1n) is 12.2. The molecule has 0 aliphatic heterocycles. The highest BCUT2D eigenvalue weighted by atomic mass is 16.5. The monoisotopic (exact) mass is 464 g/mol. The lowest BCUT2D eigenvalue weighted by molar-refractivity contribution is -0.161. The SMILES string of the molecule is CCOC(=O)C1(CCC(=O)CCCC(=O)CCC2(C(=O)OCC)CCCC2=O)CCCC1=O. The highest BCUT2D eigenvalue weighted by Crippen LogP contribution is 2.41. The molecule has 33 heavy (non-hydrogen) atoms. The smallest absolute Gasteiger partial charge is 0.319 e. The lowest BCUT2D eigenvalue weighted by Crippen LogP contribution is -2.37. The van der Waals surface area contributed by atoms with Crippen LogP contribution in [0.2, 0.25) is 0 Å². The van der Waals surface area contributed by atoms with Crippen molar-refractivity contribution in [1.29, 1.82) is 0 Å². The zero-order valence-corrected chi connectivity index (χ0v) is 19.9. The van der Waals surface area contributed by atoms with Gasteiger partial charge in [0, 0.05) is 38.5 Å². The van der Waals surface area contributed by atoms with Crippen molar-refractivity contribution in [2.45, 2.75) is 97.3 Å². The third-order valence-corrected chi connectivity index (χ3v) is 6.99. The van der Waals surface area contributed by atoms with Gasteiger partial charge in [0.05, 0.1) is 13.2 Å². The highest BCUT2D eigenvalue weighted by Gasteiger charge is 2.50. The summed E-state index contributed by atoms with van der Waals surface area (Å²) in [6, 6.07) is 0. The predicted molar refractivity (Wildman–Crippen MR) is 118 cm³/mol. The van der Waals surface area contributed by atoms with E-state index in [1.54, 1.807) is 13.8 Å². The minimum Gasteiger partial charge on any atom is -0.465 e. The van der Waals surface area contributed by atoms with Crippen molar-refractivity contribution in [3.63, 3.8) is 0 Å². The molecule has 0 N–H and O–H groups in total. The van der Waals surface area contributed by atoms with Gasteiger partial charge < -0.3 is 9.47 Å². The van der Waals surface area contributed by atoms with Gasteiger partial charge in [0.2, 0.25) is 0 Å². The molecule has 0 aromatic rings. The summed E-state index contributed by atoms with van der Waals surface area (Å²) in [7, 11) is 0. The molecule has 2 unspecified atom stereocenters. The first-order chi connectivity index (χ1) is 15.7. The molecule has 2 aliphatic carbocycles. The molecule has 2 aliphatic rings. The molecule has 0 saturated heterocycles. The summed E-state index contributed by atoms with van der Waals surface area (Å²) in [6.45, 7) is 3.74. The summed E-state index contributed by atoms with van der Waals surface area (Å²) in [4.78, 5) is 74.1. The first kappa shape index (κ1) is 26.9. The number of rotatable bonds is 14. The average molecular weight is 465 g/mol. The Balaban J connectivity index is 1.78. The van der Waals surface area contributed by atoms with Gasteiger partial charge in [-0.25, -0.2) is 0 Å². The summed E-state index contributed by atoms with van der Waals surface area (Å²) in [5.74, 6) is -1.57. The average Bonchev–Trinajstić information content (AvgIpc) is 3.34. The molecule has 2 fully saturated rings. The fourth-order valence-corrected chi connectivity index (χ4v) is 5.00. The van der Waals surface area contributed by atoms with Crippen LogP contribution in [0.4, 0.5) is 0 Å². The topological polar surface area (TPSA) is 121 Å². The summed E-state index contributed by atoms with van der Waals surface area (Å²) < 4.78 is 10.2. The molecule has 0 radical (unpaired) electrons. The number of ketones is 4. The standard InChI is InChI=1S/C25H36O8/c1-3-32-22(30)24(14-6-10-20(24)28)16-12-18(26)8-5-9-19(27)13-17-25(23(31)33-4-2)15-7-11-21(25)29/h3-17H2,1-2H3. The van der Waals surface area contributed by atoms with Crippen molar-refractivity contribution < 1.29 is 38.2 Å². The Bertz CT molecular complexity index is 721. The van der Waals surface area contributed by atoms with Crippen LogP contribution < -0.4 is 0 Å². The fraction of sp³-hybridized carbons (Fsp3) is 0.760. The van der Waals surface area contributed by atoms with Crippen LogP contribution in [0.25, 0.3) is 0 Å². The van der Waals surface area contributed by atoms with E-state index in [2.05, 4.69) is 0 Å². The molecule has 0 bridgehead atoms. The van der Waals surface area contributed by atoms with E-state index in [1.165, 1.54) is 0 Å². The molecule has 8 nitrogen and oxygen atoms in total. The second-order valence-corrected chi connectivity index (χ2v) is 9.09. The zero-order chi connectivity index (χ0) is 24.5. The minimum atomic E-state index is -1.20. The third-order valence-electron chi connectivity index (χ3n) is 6.99. The van der Waals surface area contributed by atoms with E-state index in [0.717, 1.165) is 0 Å². The van der Waals surface area contributed by atoms with Gasteiger partial charge in [-0.2, -0.15) is 0 Å². The van der Waals surface area contributed by atoms with Crippen LogP contribution in [0.5, 0.6) is 0 Å². The molecule has 2 atom stereocenters. The maximum absolute atomic E-state index is 12.4. The normalized spacial score (nSPS) is 24.7. The highest BCUT2D eigenvalue weighted by molar-refractivity contribution is 6.06. The molecule has 184 valence electrons. The first-order valence-corrected chi connectivity index (χ1v) is 12.2. The Morgan fingerprint density at radius 2 is 1.09 bits per heavy atom. The number of ether oxygens (including phenoxy) is 2. The van der Waals surface area contributed by atoms with E-state index in [4.69, 9.17) is 9.47 Å². The molecule has 2 saturated carbocycles. The number of hydrogen-bond acceptors (Lipinski definition) is 8. The van der Waals surface area contributed by atoms with Crippen molar-refractivity contribution in [3.05, 3.63) is 0 Å². The molecule has 2 rings (SSSR count). The molecular weight excluding hydrogens is 428 g/mol. The van der Waals surface area contributed by atoms with Gasteiger partial charge in [-0.15, -0.1) is 0 Å². The molecular formula is C25H36O8. The van der Waals surface area contributed by atoms with Crippen LogP contribution in [-0.4, -0.2) is 48.3 Å². The number of Topliss-reactive ketones (excluding diaryl/α,β-unsaturated/α-hetero) is 4. The third kappa shape index (κ3) is 6.36. The van der Waals surface area contributed by atoms with E-state index in [1.807, 2.05) is 0 Å². The second-order valence-electron chi connectivity index (χ2n) is 9.09. The van der Waals surface area contributed by atoms with Crippen molar-refractivity contribution in [2.24, 2.45) is 10.8 Å². The zero-order valence-electron chi connectivity index (χ0n) is 19.9.